The van der Waals surface area contributed by atoms with Gasteiger partial charge in [0.15, 0.2) is 5.82 Å². The quantitative estimate of drug-likeness (QED) is 0.925. The average molecular weight is 268 g/mol. The summed E-state index contributed by atoms with van der Waals surface area (Å²) in [4.78, 5) is 0. The first-order valence-corrected chi connectivity index (χ1v) is 5.75. The van der Waals surface area contributed by atoms with Gasteiger partial charge in [-0.15, -0.1) is 5.10 Å². The van der Waals surface area contributed by atoms with Gasteiger partial charge in [0.25, 0.3) is 0 Å². The van der Waals surface area contributed by atoms with Crippen molar-refractivity contribution in [1.29, 1.82) is 0 Å². The van der Waals surface area contributed by atoms with Gasteiger partial charge in [0.05, 0.1) is 11.4 Å². The molecular weight excluding hydrogens is 254 g/mol. The van der Waals surface area contributed by atoms with Gasteiger partial charge in [-0.3, -0.25) is 0 Å². The van der Waals surface area contributed by atoms with Crippen LogP contribution in [0, 0.1) is 0 Å². The van der Waals surface area contributed by atoms with Crippen LogP contribution in [0.1, 0.15) is 25.5 Å². The minimum absolute atomic E-state index is 0.0953. The number of nitrogens with two attached hydrogens (primary N) is 1. The lowest BCUT2D eigenvalue weighted by Crippen LogP contribution is -2.06. The summed E-state index contributed by atoms with van der Waals surface area (Å²) < 4.78 is 30.0. The normalized spacial score (nSPS) is 11.3. The minimum Gasteiger partial charge on any atom is -0.435 e. The fourth-order valence-electron chi connectivity index (χ4n) is 1.80. The van der Waals surface area contributed by atoms with Crippen molar-refractivity contribution >= 4 is 5.82 Å². The van der Waals surface area contributed by atoms with Gasteiger partial charge in [-0.2, -0.15) is 8.78 Å². The summed E-state index contributed by atoms with van der Waals surface area (Å²) in [7, 11) is 0. The molecule has 1 heterocycles. The summed E-state index contributed by atoms with van der Waals surface area (Å²) in [5, 5.41) is 7.78. The van der Waals surface area contributed by atoms with Crippen LogP contribution in [0.5, 0.6) is 5.75 Å². The molecule has 2 aromatic rings. The summed E-state index contributed by atoms with van der Waals surface area (Å²) >= 11 is 0. The average Bonchev–Trinajstić information content (AvgIpc) is 2.71. The molecule has 0 spiro atoms. The van der Waals surface area contributed by atoms with Gasteiger partial charge in [0, 0.05) is 0 Å². The largest absolute Gasteiger partial charge is 0.435 e. The Kier molecular flexibility index (Phi) is 3.64. The molecule has 1 aromatic carbocycles. The highest BCUT2D eigenvalue weighted by Crippen LogP contribution is 2.24. The van der Waals surface area contributed by atoms with Crippen molar-refractivity contribution in [3.63, 3.8) is 0 Å². The maximum Gasteiger partial charge on any atom is 0.387 e. The standard InChI is InChI=1S/C12H14F2N4O/c1-7(2)10-11(15)16-17-18(10)8-3-5-9(6-4-8)19-12(13)14/h3-7,12H,15H2,1-2H3. The van der Waals surface area contributed by atoms with Gasteiger partial charge in [-0.1, -0.05) is 19.1 Å². The fourth-order valence-corrected chi connectivity index (χ4v) is 1.80. The van der Waals surface area contributed by atoms with Crippen LogP contribution in [0.4, 0.5) is 14.6 Å². The third-order valence-corrected chi connectivity index (χ3v) is 2.59. The van der Waals surface area contributed by atoms with E-state index < -0.39 is 6.61 Å². The summed E-state index contributed by atoms with van der Waals surface area (Å²) in [6.07, 6.45) is 0. The number of alkyl halides is 2. The van der Waals surface area contributed by atoms with Crippen LogP contribution < -0.4 is 10.5 Å². The van der Waals surface area contributed by atoms with Crippen molar-refractivity contribution in [3.05, 3.63) is 30.0 Å². The number of nitrogen functional groups attached to an aromatic ring is 1. The molecule has 0 fully saturated rings. The van der Waals surface area contributed by atoms with Crippen molar-refractivity contribution in [1.82, 2.24) is 15.0 Å². The molecule has 102 valence electrons. The number of nitrogens with zero attached hydrogens (tertiary/aromatic N) is 3. The van der Waals surface area contributed by atoms with Crippen LogP contribution in [-0.4, -0.2) is 21.6 Å². The summed E-state index contributed by atoms with van der Waals surface area (Å²) in [6.45, 7) is 1.11. The Morgan fingerprint density at radius 3 is 2.37 bits per heavy atom. The maximum atomic E-state index is 12.1. The maximum absolute atomic E-state index is 12.1. The predicted molar refractivity (Wildman–Crippen MR) is 66.5 cm³/mol. The van der Waals surface area contributed by atoms with Gasteiger partial charge in [-0.25, -0.2) is 4.68 Å². The fraction of sp³-hybridized carbons (Fsp3) is 0.333. The molecule has 0 bridgehead atoms. The molecule has 1 aromatic heterocycles. The Balaban J connectivity index is 2.32. The Bertz CT molecular complexity index is 551. The van der Waals surface area contributed by atoms with Crippen molar-refractivity contribution in [2.45, 2.75) is 26.4 Å². The second-order valence-corrected chi connectivity index (χ2v) is 4.30. The van der Waals surface area contributed by atoms with E-state index in [0.717, 1.165) is 5.69 Å². The number of ether oxygens (including phenoxy) is 1. The van der Waals surface area contributed by atoms with Gasteiger partial charge in [0.2, 0.25) is 0 Å². The molecule has 7 heteroatoms. The van der Waals surface area contributed by atoms with Crippen molar-refractivity contribution in [2.24, 2.45) is 0 Å². The lowest BCUT2D eigenvalue weighted by atomic mass is 10.1. The van der Waals surface area contributed by atoms with Gasteiger partial charge < -0.3 is 10.5 Å². The van der Waals surface area contributed by atoms with Gasteiger partial charge >= 0.3 is 6.61 Å². The molecule has 0 aliphatic heterocycles. The number of anilines is 1. The lowest BCUT2D eigenvalue weighted by Gasteiger charge is -2.10. The van der Waals surface area contributed by atoms with E-state index in [4.69, 9.17) is 5.73 Å². The zero-order valence-corrected chi connectivity index (χ0v) is 10.5. The zero-order chi connectivity index (χ0) is 14.0. The molecule has 0 radical (unpaired) electrons. The SMILES string of the molecule is CC(C)c1c(N)nnn1-c1ccc(OC(F)F)cc1. The highest BCUT2D eigenvalue weighted by molar-refractivity contribution is 5.44. The molecular formula is C12H14F2N4O. The van der Waals surface area contributed by atoms with E-state index in [1.165, 1.54) is 12.1 Å². The summed E-state index contributed by atoms with van der Waals surface area (Å²) in [5.41, 5.74) is 7.23. The molecule has 0 aliphatic carbocycles. The van der Waals surface area contributed by atoms with E-state index >= 15 is 0 Å². The van der Waals surface area contributed by atoms with Gasteiger partial charge in [-0.05, 0) is 30.2 Å². The van der Waals surface area contributed by atoms with Crippen LogP contribution >= 0.6 is 0 Å². The number of rotatable bonds is 4. The third kappa shape index (κ3) is 2.81. The first-order valence-electron chi connectivity index (χ1n) is 5.75. The first-order chi connectivity index (χ1) is 8.99. The third-order valence-electron chi connectivity index (χ3n) is 2.59. The molecule has 2 N–H and O–H groups in total. The highest BCUT2D eigenvalue weighted by Gasteiger charge is 2.15. The Hall–Kier alpha value is -2.18. The van der Waals surface area contributed by atoms with E-state index in [2.05, 4.69) is 15.0 Å². The number of halogens is 2. The molecule has 0 saturated carbocycles. The molecule has 0 aliphatic rings. The van der Waals surface area contributed by atoms with E-state index in [1.807, 2.05) is 13.8 Å². The number of hydrogen-bond acceptors (Lipinski definition) is 4. The van der Waals surface area contributed by atoms with Crippen LogP contribution in [0.25, 0.3) is 5.69 Å². The number of benzene rings is 1. The molecule has 19 heavy (non-hydrogen) atoms. The van der Waals surface area contributed by atoms with E-state index in [1.54, 1.807) is 16.8 Å². The molecule has 0 unspecified atom stereocenters. The lowest BCUT2D eigenvalue weighted by molar-refractivity contribution is -0.0498. The minimum atomic E-state index is -2.83. The predicted octanol–water partition coefficient (Wildman–Crippen LogP) is 2.57. The van der Waals surface area contributed by atoms with Crippen LogP contribution in [0.3, 0.4) is 0 Å². The van der Waals surface area contributed by atoms with E-state index in [-0.39, 0.29) is 11.7 Å². The number of hydrogen-bond donors (Lipinski definition) is 1. The zero-order valence-electron chi connectivity index (χ0n) is 10.5. The first kappa shape index (κ1) is 13.3. The number of aromatic nitrogens is 3. The van der Waals surface area contributed by atoms with Crippen molar-refractivity contribution in [2.75, 3.05) is 5.73 Å². The molecule has 2 rings (SSSR count). The van der Waals surface area contributed by atoms with Crippen LogP contribution in [0.15, 0.2) is 24.3 Å². The molecule has 0 atom stereocenters. The highest BCUT2D eigenvalue weighted by atomic mass is 19.3. The monoisotopic (exact) mass is 268 g/mol. The molecule has 0 saturated heterocycles. The van der Waals surface area contributed by atoms with E-state index in [9.17, 15) is 8.78 Å². The van der Waals surface area contributed by atoms with Crippen molar-refractivity contribution < 1.29 is 13.5 Å². The molecule has 5 nitrogen and oxygen atoms in total. The Labute approximate surface area is 109 Å². The smallest absolute Gasteiger partial charge is 0.387 e. The second kappa shape index (κ2) is 5.21. The Morgan fingerprint density at radius 1 is 1.21 bits per heavy atom. The van der Waals surface area contributed by atoms with Gasteiger partial charge in [0.1, 0.15) is 5.75 Å². The Morgan fingerprint density at radius 2 is 1.84 bits per heavy atom. The summed E-state index contributed by atoms with van der Waals surface area (Å²) in [5.74, 6) is 0.604. The topological polar surface area (TPSA) is 66.0 Å². The van der Waals surface area contributed by atoms with Crippen molar-refractivity contribution in [3.8, 4) is 11.4 Å². The van der Waals surface area contributed by atoms with Crippen LogP contribution in [0.2, 0.25) is 0 Å². The van der Waals surface area contributed by atoms with E-state index in [0.29, 0.717) is 11.5 Å². The van der Waals surface area contributed by atoms with Crippen LogP contribution in [-0.2, 0) is 0 Å². The second-order valence-electron chi connectivity index (χ2n) is 4.30. The molecule has 0 amide bonds. The summed E-state index contributed by atoms with van der Waals surface area (Å²) in [6, 6.07) is 6.14.